The monoisotopic (exact) mass is 439 g/mol. The lowest BCUT2D eigenvalue weighted by molar-refractivity contribution is 0.233. The molecule has 7 nitrogen and oxygen atoms in total. The zero-order chi connectivity index (χ0) is 21.6. The summed E-state index contributed by atoms with van der Waals surface area (Å²) >= 11 is -1.36. The number of hydrogen-bond acceptors (Lipinski definition) is 7. The average Bonchev–Trinajstić information content (AvgIpc) is 2.81. The van der Waals surface area contributed by atoms with Crippen molar-refractivity contribution < 1.29 is 9.29 Å². The first kappa shape index (κ1) is 21.7. The second-order valence-corrected chi connectivity index (χ2v) is 9.07. The SMILES string of the molecule is COc1ccc(C)cc1[S+]([O-])NC1=CCC(CN2CCN(c3cnccn3)CC2)C=C1. The molecule has 0 spiro atoms. The van der Waals surface area contributed by atoms with Crippen LogP contribution in [0.2, 0.25) is 0 Å². The number of benzene rings is 1. The lowest BCUT2D eigenvalue weighted by atomic mass is 9.98. The molecule has 1 saturated heterocycles. The molecule has 2 unspecified atom stereocenters. The Morgan fingerprint density at radius 1 is 1.23 bits per heavy atom. The third kappa shape index (κ3) is 5.58. The van der Waals surface area contributed by atoms with Gasteiger partial charge in [-0.25, -0.2) is 9.71 Å². The average molecular weight is 440 g/mol. The molecule has 1 aliphatic carbocycles. The molecule has 1 N–H and O–H groups in total. The van der Waals surface area contributed by atoms with Crippen molar-refractivity contribution in [2.75, 3.05) is 44.7 Å². The third-order valence-electron chi connectivity index (χ3n) is 5.66. The minimum atomic E-state index is -1.36. The summed E-state index contributed by atoms with van der Waals surface area (Å²) in [7, 11) is 1.60. The van der Waals surface area contributed by atoms with Crippen molar-refractivity contribution in [1.82, 2.24) is 19.6 Å². The number of rotatable bonds is 7. The fourth-order valence-corrected chi connectivity index (χ4v) is 5.01. The molecule has 0 radical (unpaired) electrons. The highest BCUT2D eigenvalue weighted by Crippen LogP contribution is 2.26. The van der Waals surface area contributed by atoms with Crippen molar-refractivity contribution in [3.8, 4) is 5.75 Å². The number of aryl methyl sites for hydroxylation is 1. The Kier molecular flexibility index (Phi) is 7.11. The number of hydrogen-bond donors (Lipinski definition) is 1. The minimum Gasteiger partial charge on any atom is -0.588 e. The first-order valence-corrected chi connectivity index (χ1v) is 11.7. The zero-order valence-corrected chi connectivity index (χ0v) is 18.8. The molecule has 1 aromatic heterocycles. The Morgan fingerprint density at radius 3 is 2.74 bits per heavy atom. The Bertz CT molecular complexity index is 929. The van der Waals surface area contributed by atoms with Crippen LogP contribution in [0.1, 0.15) is 12.0 Å². The molecule has 1 aliphatic heterocycles. The van der Waals surface area contributed by atoms with Crippen molar-refractivity contribution in [3.63, 3.8) is 0 Å². The highest BCUT2D eigenvalue weighted by atomic mass is 32.2. The molecule has 31 heavy (non-hydrogen) atoms. The van der Waals surface area contributed by atoms with Gasteiger partial charge in [0, 0.05) is 51.2 Å². The fourth-order valence-electron chi connectivity index (χ4n) is 3.91. The second-order valence-electron chi connectivity index (χ2n) is 7.89. The molecule has 1 fully saturated rings. The van der Waals surface area contributed by atoms with Gasteiger partial charge in [0.15, 0.2) is 5.75 Å². The van der Waals surface area contributed by atoms with E-state index in [2.05, 4.69) is 36.6 Å². The van der Waals surface area contributed by atoms with E-state index in [1.165, 1.54) is 0 Å². The van der Waals surface area contributed by atoms with E-state index in [-0.39, 0.29) is 0 Å². The Hall–Kier alpha value is -2.55. The van der Waals surface area contributed by atoms with Crippen molar-refractivity contribution in [3.05, 3.63) is 66.3 Å². The summed E-state index contributed by atoms with van der Waals surface area (Å²) in [6.45, 7) is 6.99. The molecule has 2 atom stereocenters. The lowest BCUT2D eigenvalue weighted by Crippen LogP contribution is -2.48. The molecule has 4 rings (SSSR count). The zero-order valence-electron chi connectivity index (χ0n) is 18.0. The van der Waals surface area contributed by atoms with Crippen molar-refractivity contribution >= 4 is 17.2 Å². The van der Waals surface area contributed by atoms with Gasteiger partial charge in [-0.1, -0.05) is 18.2 Å². The number of methoxy groups -OCH3 is 1. The summed E-state index contributed by atoms with van der Waals surface area (Å²) in [5.74, 6) is 2.06. The molecular weight excluding hydrogens is 410 g/mol. The van der Waals surface area contributed by atoms with Crippen LogP contribution in [0, 0.1) is 12.8 Å². The van der Waals surface area contributed by atoms with Gasteiger partial charge in [-0.2, -0.15) is 0 Å². The Balaban J connectivity index is 1.26. The molecule has 2 aliphatic rings. The summed E-state index contributed by atoms with van der Waals surface area (Å²) in [6.07, 6.45) is 12.6. The maximum atomic E-state index is 12.8. The Labute approximate surface area is 187 Å². The van der Waals surface area contributed by atoms with Crippen molar-refractivity contribution in [2.24, 2.45) is 5.92 Å². The van der Waals surface area contributed by atoms with Crippen LogP contribution in [0.5, 0.6) is 5.75 Å². The summed E-state index contributed by atoms with van der Waals surface area (Å²) in [6, 6.07) is 5.71. The number of piperazine rings is 1. The maximum Gasteiger partial charge on any atom is 0.221 e. The molecule has 0 amide bonds. The normalized spacial score (nSPS) is 20.3. The minimum absolute atomic E-state index is 0.468. The molecule has 0 saturated carbocycles. The summed E-state index contributed by atoms with van der Waals surface area (Å²) < 4.78 is 21.3. The van der Waals surface area contributed by atoms with Gasteiger partial charge in [0.1, 0.15) is 17.2 Å². The van der Waals surface area contributed by atoms with Crippen LogP contribution >= 0.6 is 0 Å². The standard InChI is InChI=1S/C23H29N5O2S/c1-18-3-8-21(30-2)22(15-18)31(29)26-20-6-4-19(5-7-20)17-27-11-13-28(14-12-27)23-16-24-9-10-25-23/h3-4,6-10,15-16,19,26H,5,11-14,17H2,1-2H3. The fraction of sp³-hybridized carbons (Fsp3) is 0.391. The van der Waals surface area contributed by atoms with E-state index < -0.39 is 11.4 Å². The summed E-state index contributed by atoms with van der Waals surface area (Å²) in [5.41, 5.74) is 1.95. The lowest BCUT2D eigenvalue weighted by Gasteiger charge is -2.36. The topological polar surface area (TPSA) is 76.6 Å². The molecule has 0 bridgehead atoms. The van der Waals surface area contributed by atoms with Crippen LogP contribution in [0.4, 0.5) is 5.82 Å². The van der Waals surface area contributed by atoms with Gasteiger partial charge in [0.25, 0.3) is 0 Å². The highest BCUT2D eigenvalue weighted by Gasteiger charge is 2.23. The van der Waals surface area contributed by atoms with Crippen LogP contribution in [-0.4, -0.2) is 59.3 Å². The number of nitrogens with zero attached hydrogens (tertiary/aromatic N) is 4. The van der Waals surface area contributed by atoms with Gasteiger partial charge >= 0.3 is 0 Å². The van der Waals surface area contributed by atoms with Gasteiger partial charge in [-0.05, 0) is 37.0 Å². The van der Waals surface area contributed by atoms with Crippen molar-refractivity contribution in [1.29, 1.82) is 0 Å². The van der Waals surface area contributed by atoms with Crippen molar-refractivity contribution in [2.45, 2.75) is 18.2 Å². The van der Waals surface area contributed by atoms with Gasteiger partial charge < -0.3 is 14.2 Å². The predicted octanol–water partition coefficient (Wildman–Crippen LogP) is 2.69. The number of ether oxygens (including phenoxy) is 1. The van der Waals surface area contributed by atoms with E-state index in [9.17, 15) is 4.55 Å². The van der Waals surface area contributed by atoms with E-state index in [0.29, 0.717) is 16.6 Å². The van der Waals surface area contributed by atoms with Crippen LogP contribution in [0.15, 0.2) is 65.6 Å². The number of anilines is 1. The molecule has 164 valence electrons. The highest BCUT2D eigenvalue weighted by molar-refractivity contribution is 7.89. The van der Waals surface area contributed by atoms with E-state index in [1.807, 2.05) is 37.4 Å². The van der Waals surface area contributed by atoms with E-state index >= 15 is 0 Å². The summed E-state index contributed by atoms with van der Waals surface area (Å²) in [4.78, 5) is 14.0. The number of allylic oxidation sites excluding steroid dienone is 2. The van der Waals surface area contributed by atoms with Gasteiger partial charge in [-0.15, -0.1) is 0 Å². The largest absolute Gasteiger partial charge is 0.588 e. The van der Waals surface area contributed by atoms with E-state index in [0.717, 1.165) is 56.2 Å². The molecule has 1 aromatic carbocycles. The van der Waals surface area contributed by atoms with E-state index in [1.54, 1.807) is 19.5 Å². The smallest absolute Gasteiger partial charge is 0.221 e. The van der Waals surface area contributed by atoms with Gasteiger partial charge in [0.2, 0.25) is 4.90 Å². The van der Waals surface area contributed by atoms with Crippen LogP contribution in [0.25, 0.3) is 0 Å². The molecule has 2 heterocycles. The molecule has 2 aromatic rings. The Morgan fingerprint density at radius 2 is 2.06 bits per heavy atom. The molecular formula is C23H29N5O2S. The van der Waals surface area contributed by atoms with Crippen LogP contribution < -0.4 is 14.4 Å². The van der Waals surface area contributed by atoms with Crippen LogP contribution in [-0.2, 0) is 11.4 Å². The third-order valence-corrected chi connectivity index (χ3v) is 6.80. The second kappa shape index (κ2) is 10.2. The van der Waals surface area contributed by atoms with Gasteiger partial charge in [-0.3, -0.25) is 9.88 Å². The van der Waals surface area contributed by atoms with Crippen LogP contribution in [0.3, 0.4) is 0 Å². The predicted molar refractivity (Wildman–Crippen MR) is 123 cm³/mol. The van der Waals surface area contributed by atoms with Gasteiger partial charge in [0.05, 0.1) is 19.0 Å². The quantitative estimate of drug-likeness (QED) is 0.665. The first-order valence-electron chi connectivity index (χ1n) is 10.6. The van der Waals surface area contributed by atoms with E-state index in [4.69, 9.17) is 4.74 Å². The number of nitrogens with one attached hydrogen (secondary N) is 1. The molecule has 8 heteroatoms. The summed E-state index contributed by atoms with van der Waals surface area (Å²) in [5, 5.41) is 0. The maximum absolute atomic E-state index is 12.8. The number of aromatic nitrogens is 2. The first-order chi connectivity index (χ1) is 15.1.